The molecule has 0 aliphatic rings. The lowest BCUT2D eigenvalue weighted by Gasteiger charge is -2.18. The Hall–Kier alpha value is -1.36. The monoisotopic (exact) mass is 279 g/mol. The lowest BCUT2D eigenvalue weighted by molar-refractivity contribution is 0.472. The lowest BCUT2D eigenvalue weighted by Crippen LogP contribution is -2.18. The lowest BCUT2D eigenvalue weighted by atomic mass is 9.99. The molecule has 1 heterocycles. The van der Waals surface area contributed by atoms with Crippen molar-refractivity contribution in [1.82, 2.24) is 9.97 Å². The van der Waals surface area contributed by atoms with Crippen LogP contribution in [0.5, 0.6) is 0 Å². The highest BCUT2D eigenvalue weighted by molar-refractivity contribution is 5.56. The quantitative estimate of drug-likeness (QED) is 0.452. The Kier molecular flexibility index (Phi) is 7.95. The van der Waals surface area contributed by atoms with Gasteiger partial charge in [0.25, 0.3) is 0 Å². The molecule has 0 aliphatic carbocycles. The van der Waals surface area contributed by atoms with Gasteiger partial charge in [0.2, 0.25) is 0 Å². The minimum atomic E-state index is 0.702. The molecule has 114 valence electrons. The zero-order valence-corrected chi connectivity index (χ0v) is 13.1. The van der Waals surface area contributed by atoms with Gasteiger partial charge in [0.1, 0.15) is 18.0 Å². The van der Waals surface area contributed by atoms with Crippen LogP contribution in [0.25, 0.3) is 0 Å². The summed E-state index contributed by atoms with van der Waals surface area (Å²) in [6.45, 7) is 7.60. The van der Waals surface area contributed by atoms with Crippen LogP contribution >= 0.6 is 0 Å². The number of unbranched alkanes of at least 4 members (excludes halogenated alkanes) is 1. The van der Waals surface area contributed by atoms with Crippen LogP contribution in [0.15, 0.2) is 6.33 Å². The minimum Gasteiger partial charge on any atom is -0.369 e. The molecule has 0 amide bonds. The van der Waals surface area contributed by atoms with Crippen LogP contribution in [0.3, 0.4) is 0 Å². The molecule has 0 spiro atoms. The molecule has 0 aliphatic heterocycles. The molecule has 1 unspecified atom stereocenters. The minimum absolute atomic E-state index is 0.702. The average molecular weight is 279 g/mol. The van der Waals surface area contributed by atoms with Crippen molar-refractivity contribution in [2.75, 3.05) is 17.3 Å². The third-order valence-corrected chi connectivity index (χ3v) is 3.68. The van der Waals surface area contributed by atoms with Gasteiger partial charge in [0, 0.05) is 12.1 Å². The highest BCUT2D eigenvalue weighted by atomic mass is 15.3. The maximum atomic E-state index is 5.53. The van der Waals surface area contributed by atoms with Gasteiger partial charge in [0.15, 0.2) is 0 Å². The van der Waals surface area contributed by atoms with Crippen molar-refractivity contribution < 1.29 is 0 Å². The smallest absolute Gasteiger partial charge is 0.148 e. The number of nitrogens with one attached hydrogen (secondary N) is 2. The van der Waals surface area contributed by atoms with E-state index in [1.807, 2.05) is 0 Å². The van der Waals surface area contributed by atoms with E-state index in [0.29, 0.717) is 5.92 Å². The van der Waals surface area contributed by atoms with E-state index >= 15 is 0 Å². The van der Waals surface area contributed by atoms with Crippen molar-refractivity contribution in [2.24, 2.45) is 11.8 Å². The highest BCUT2D eigenvalue weighted by Gasteiger charge is 2.12. The maximum Gasteiger partial charge on any atom is 0.148 e. The van der Waals surface area contributed by atoms with E-state index in [-0.39, 0.29) is 0 Å². The molecular weight excluding hydrogens is 250 g/mol. The number of anilines is 2. The van der Waals surface area contributed by atoms with Crippen molar-refractivity contribution in [3.05, 3.63) is 11.9 Å². The van der Waals surface area contributed by atoms with Crippen molar-refractivity contribution in [3.63, 3.8) is 0 Å². The van der Waals surface area contributed by atoms with E-state index in [4.69, 9.17) is 5.84 Å². The van der Waals surface area contributed by atoms with E-state index in [2.05, 4.69) is 41.5 Å². The van der Waals surface area contributed by atoms with Gasteiger partial charge in [-0.1, -0.05) is 46.5 Å². The van der Waals surface area contributed by atoms with Crippen molar-refractivity contribution in [3.8, 4) is 0 Å². The Balaban J connectivity index is 2.70. The highest BCUT2D eigenvalue weighted by Crippen LogP contribution is 2.22. The van der Waals surface area contributed by atoms with Crippen molar-refractivity contribution in [2.45, 2.75) is 59.3 Å². The first kappa shape index (κ1) is 16.7. The molecule has 0 aromatic carbocycles. The van der Waals surface area contributed by atoms with Crippen LogP contribution in [0, 0.1) is 5.92 Å². The third kappa shape index (κ3) is 4.96. The first-order chi connectivity index (χ1) is 9.76. The first-order valence-electron chi connectivity index (χ1n) is 7.81. The normalized spacial score (nSPS) is 12.2. The third-order valence-electron chi connectivity index (χ3n) is 3.68. The standard InChI is InChI=1S/C15H29N5/c1-4-7-9-12(6-3)10-17-14-13(8-5-2)15(20-16)19-11-18-14/h11-12H,4-10,16H2,1-3H3,(H2,17,18,19,20). The van der Waals surface area contributed by atoms with Crippen LogP contribution < -0.4 is 16.6 Å². The second-order valence-corrected chi connectivity index (χ2v) is 5.24. The zero-order valence-electron chi connectivity index (χ0n) is 13.1. The molecule has 0 fully saturated rings. The largest absolute Gasteiger partial charge is 0.369 e. The van der Waals surface area contributed by atoms with E-state index in [1.165, 1.54) is 25.7 Å². The molecule has 1 aromatic heterocycles. The van der Waals surface area contributed by atoms with Gasteiger partial charge in [-0.3, -0.25) is 0 Å². The van der Waals surface area contributed by atoms with Crippen LogP contribution in [0.4, 0.5) is 11.6 Å². The summed E-state index contributed by atoms with van der Waals surface area (Å²) >= 11 is 0. The number of hydrogen-bond donors (Lipinski definition) is 3. The number of nitrogens with two attached hydrogens (primary N) is 1. The van der Waals surface area contributed by atoms with Crippen LogP contribution in [0.1, 0.15) is 58.4 Å². The Bertz CT molecular complexity index is 381. The molecule has 1 rings (SSSR count). The summed E-state index contributed by atoms with van der Waals surface area (Å²) in [5.74, 6) is 7.88. The number of hydrogen-bond acceptors (Lipinski definition) is 5. The molecule has 0 bridgehead atoms. The van der Waals surface area contributed by atoms with Gasteiger partial charge >= 0.3 is 0 Å². The van der Waals surface area contributed by atoms with E-state index in [9.17, 15) is 0 Å². The second kappa shape index (κ2) is 9.53. The summed E-state index contributed by atoms with van der Waals surface area (Å²) in [6.07, 6.45) is 8.55. The Morgan fingerprint density at radius 3 is 2.50 bits per heavy atom. The van der Waals surface area contributed by atoms with Gasteiger partial charge in [-0.15, -0.1) is 0 Å². The summed E-state index contributed by atoms with van der Waals surface area (Å²) in [4.78, 5) is 8.56. The van der Waals surface area contributed by atoms with Gasteiger partial charge < -0.3 is 10.7 Å². The average Bonchev–Trinajstić information content (AvgIpc) is 2.48. The molecule has 1 aromatic rings. The summed E-state index contributed by atoms with van der Waals surface area (Å²) < 4.78 is 0. The van der Waals surface area contributed by atoms with Gasteiger partial charge in [-0.05, 0) is 18.8 Å². The van der Waals surface area contributed by atoms with Gasteiger partial charge in [-0.2, -0.15) is 0 Å². The Morgan fingerprint density at radius 1 is 1.15 bits per heavy atom. The Morgan fingerprint density at radius 2 is 1.90 bits per heavy atom. The SMILES string of the molecule is CCCCC(CC)CNc1ncnc(NN)c1CCC. The summed E-state index contributed by atoms with van der Waals surface area (Å²) in [7, 11) is 0. The van der Waals surface area contributed by atoms with Gasteiger partial charge in [-0.25, -0.2) is 15.8 Å². The number of nitrogen functional groups attached to an aromatic ring is 1. The van der Waals surface area contributed by atoms with Crippen LogP contribution in [0.2, 0.25) is 0 Å². The van der Waals surface area contributed by atoms with E-state index in [0.717, 1.165) is 36.6 Å². The van der Waals surface area contributed by atoms with Gasteiger partial charge in [0.05, 0.1) is 0 Å². The van der Waals surface area contributed by atoms with E-state index in [1.54, 1.807) is 6.33 Å². The molecule has 1 atom stereocenters. The number of nitrogens with zero attached hydrogens (tertiary/aromatic N) is 2. The van der Waals surface area contributed by atoms with Crippen molar-refractivity contribution >= 4 is 11.6 Å². The predicted molar refractivity (Wildman–Crippen MR) is 85.6 cm³/mol. The summed E-state index contributed by atoms with van der Waals surface area (Å²) in [5.41, 5.74) is 3.75. The van der Waals surface area contributed by atoms with Crippen LogP contribution in [-0.2, 0) is 6.42 Å². The maximum absolute atomic E-state index is 5.53. The van der Waals surface area contributed by atoms with E-state index < -0.39 is 0 Å². The molecule has 5 heteroatoms. The van der Waals surface area contributed by atoms with Crippen molar-refractivity contribution in [1.29, 1.82) is 0 Å². The molecule has 20 heavy (non-hydrogen) atoms. The zero-order chi connectivity index (χ0) is 14.8. The molecule has 0 saturated heterocycles. The number of hydrazine groups is 1. The molecule has 0 radical (unpaired) electrons. The summed E-state index contributed by atoms with van der Waals surface area (Å²) in [6, 6.07) is 0. The molecule has 0 saturated carbocycles. The molecule has 4 N–H and O–H groups in total. The fraction of sp³-hybridized carbons (Fsp3) is 0.733. The van der Waals surface area contributed by atoms with Crippen LogP contribution in [-0.4, -0.2) is 16.5 Å². The fourth-order valence-electron chi connectivity index (χ4n) is 2.36. The topological polar surface area (TPSA) is 75.9 Å². The Labute approximate surface area is 122 Å². The number of rotatable bonds is 10. The summed E-state index contributed by atoms with van der Waals surface area (Å²) in [5, 5.41) is 3.49. The molecule has 5 nitrogen and oxygen atoms in total. The fourth-order valence-corrected chi connectivity index (χ4v) is 2.36. The first-order valence-corrected chi connectivity index (χ1v) is 7.81. The molecular formula is C15H29N5. The predicted octanol–water partition coefficient (Wildman–Crippen LogP) is 3.34. The second-order valence-electron chi connectivity index (χ2n) is 5.24. The number of aromatic nitrogens is 2.